The molecular formula is C24H32F3N7O4. The highest BCUT2D eigenvalue weighted by atomic mass is 19.4. The molecule has 3 aromatic rings. The van der Waals surface area contributed by atoms with Gasteiger partial charge in [0.05, 0.1) is 17.6 Å². The number of imidazole rings is 1. The maximum atomic E-state index is 12.0. The SMILES string of the molecule is C1CC1.COC(C)(C)C(F)(F)F.Cc1nonc1C(=O)NCc1nc2ccc(CN3CCNC3=O)cc2[nH]1. The number of aromatic nitrogens is 4. The third kappa shape index (κ3) is 7.91. The molecule has 1 aliphatic carbocycles. The van der Waals surface area contributed by atoms with E-state index in [-0.39, 0.29) is 24.2 Å². The Labute approximate surface area is 217 Å². The van der Waals surface area contributed by atoms with Crippen LogP contribution in [0.15, 0.2) is 22.8 Å². The molecule has 11 nitrogen and oxygen atoms in total. The van der Waals surface area contributed by atoms with E-state index in [1.807, 2.05) is 18.2 Å². The second-order valence-corrected chi connectivity index (χ2v) is 9.34. The average Bonchev–Trinajstić information content (AvgIpc) is 3.46. The number of halogens is 3. The number of nitrogens with zero attached hydrogens (tertiary/aromatic N) is 4. The number of carbonyl (C=O) groups is 2. The molecule has 3 amide bonds. The Morgan fingerprint density at radius 1 is 1.21 bits per heavy atom. The standard InChI is InChI=1S/C16H17N7O3.C5H9F3O.C3H6/c1-9-14(22-26-21-9)15(24)18-7-13-19-11-3-2-10(6-12(11)20-13)8-23-5-4-17-16(23)25;1-4(2,9-3)5(6,7)8;1-2-3-1/h2-3,6H,4-5,7-8H2,1H3,(H,17,25)(H,18,24)(H,19,20);1-3H3;1-3H2. The Bertz CT molecular complexity index is 1230. The fraction of sp³-hybridized carbons (Fsp3) is 0.542. The number of aryl methyl sites for hydroxylation is 1. The predicted molar refractivity (Wildman–Crippen MR) is 131 cm³/mol. The van der Waals surface area contributed by atoms with Gasteiger partial charge in [-0.15, -0.1) is 0 Å². The molecule has 1 aliphatic heterocycles. The van der Waals surface area contributed by atoms with E-state index >= 15 is 0 Å². The zero-order valence-corrected chi connectivity index (χ0v) is 21.7. The number of urea groups is 1. The van der Waals surface area contributed by atoms with Crippen molar-refractivity contribution in [2.24, 2.45) is 0 Å². The van der Waals surface area contributed by atoms with Crippen LogP contribution >= 0.6 is 0 Å². The van der Waals surface area contributed by atoms with Crippen LogP contribution in [0.25, 0.3) is 11.0 Å². The first-order chi connectivity index (χ1) is 17.9. The summed E-state index contributed by atoms with van der Waals surface area (Å²) >= 11 is 0. The van der Waals surface area contributed by atoms with Gasteiger partial charge < -0.3 is 25.3 Å². The number of hydrogen-bond acceptors (Lipinski definition) is 7. The molecule has 0 atom stereocenters. The van der Waals surface area contributed by atoms with Gasteiger partial charge in [-0.1, -0.05) is 30.5 Å². The third-order valence-electron chi connectivity index (χ3n) is 5.74. The summed E-state index contributed by atoms with van der Waals surface area (Å²) in [6.07, 6.45) is 0.224. The molecule has 38 heavy (non-hydrogen) atoms. The van der Waals surface area contributed by atoms with Crippen molar-refractivity contribution in [3.05, 3.63) is 41.0 Å². The Morgan fingerprint density at radius 2 is 1.92 bits per heavy atom. The Balaban J connectivity index is 0.000000278. The Kier molecular flexibility index (Phi) is 9.31. The molecule has 2 aromatic heterocycles. The van der Waals surface area contributed by atoms with Crippen molar-refractivity contribution in [3.63, 3.8) is 0 Å². The Hall–Kier alpha value is -3.68. The number of nitrogens with one attached hydrogen (secondary N) is 3. The van der Waals surface area contributed by atoms with Gasteiger partial charge in [-0.05, 0) is 43.6 Å². The van der Waals surface area contributed by atoms with Gasteiger partial charge in [0.15, 0.2) is 11.3 Å². The monoisotopic (exact) mass is 539 g/mol. The summed E-state index contributed by atoms with van der Waals surface area (Å²) in [6.45, 7) is 5.76. The number of carbonyl (C=O) groups excluding carboxylic acids is 2. The lowest BCUT2D eigenvalue weighted by molar-refractivity contribution is -0.255. The van der Waals surface area contributed by atoms with Crippen molar-refractivity contribution >= 4 is 23.0 Å². The van der Waals surface area contributed by atoms with Gasteiger partial charge in [0, 0.05) is 26.7 Å². The summed E-state index contributed by atoms with van der Waals surface area (Å²) in [5.74, 6) is 0.253. The summed E-state index contributed by atoms with van der Waals surface area (Å²) in [6, 6.07) is 5.76. The van der Waals surface area contributed by atoms with Gasteiger partial charge in [0.2, 0.25) is 0 Å². The summed E-state index contributed by atoms with van der Waals surface area (Å²) in [5, 5.41) is 12.7. The van der Waals surface area contributed by atoms with Crippen LogP contribution in [0.2, 0.25) is 0 Å². The first-order valence-electron chi connectivity index (χ1n) is 12.1. The van der Waals surface area contributed by atoms with E-state index in [0.29, 0.717) is 31.2 Å². The van der Waals surface area contributed by atoms with Gasteiger partial charge in [0.1, 0.15) is 11.5 Å². The van der Waals surface area contributed by atoms with Crippen LogP contribution in [0.5, 0.6) is 0 Å². The van der Waals surface area contributed by atoms with E-state index in [4.69, 9.17) is 0 Å². The number of ether oxygens (including phenoxy) is 1. The summed E-state index contributed by atoms with van der Waals surface area (Å²) in [7, 11) is 1.04. The second-order valence-electron chi connectivity index (χ2n) is 9.34. The van der Waals surface area contributed by atoms with Crippen LogP contribution < -0.4 is 10.6 Å². The van der Waals surface area contributed by atoms with Crippen molar-refractivity contribution in [1.82, 2.24) is 35.8 Å². The second kappa shape index (κ2) is 12.2. The fourth-order valence-corrected chi connectivity index (χ4v) is 2.98. The topological polar surface area (TPSA) is 138 Å². The van der Waals surface area contributed by atoms with Gasteiger partial charge in [-0.3, -0.25) is 4.79 Å². The van der Waals surface area contributed by atoms with E-state index < -0.39 is 11.8 Å². The third-order valence-corrected chi connectivity index (χ3v) is 5.74. The van der Waals surface area contributed by atoms with Crippen molar-refractivity contribution < 1.29 is 32.1 Å². The predicted octanol–water partition coefficient (Wildman–Crippen LogP) is 3.85. The van der Waals surface area contributed by atoms with Crippen LogP contribution in [0.1, 0.15) is 60.7 Å². The van der Waals surface area contributed by atoms with E-state index in [1.165, 1.54) is 19.3 Å². The number of hydrogen-bond donors (Lipinski definition) is 3. The lowest BCUT2D eigenvalue weighted by Gasteiger charge is -2.25. The molecule has 0 spiro atoms. The van der Waals surface area contributed by atoms with Gasteiger partial charge in [0.25, 0.3) is 5.91 Å². The average molecular weight is 540 g/mol. The number of rotatable bonds is 6. The Morgan fingerprint density at radius 3 is 2.42 bits per heavy atom. The van der Waals surface area contributed by atoms with Crippen LogP contribution in [-0.4, -0.2) is 69.1 Å². The van der Waals surface area contributed by atoms with Crippen molar-refractivity contribution in [1.29, 1.82) is 0 Å². The lowest BCUT2D eigenvalue weighted by Crippen LogP contribution is -2.40. The molecule has 1 saturated heterocycles. The number of methoxy groups -OCH3 is 1. The molecule has 0 unspecified atom stereocenters. The number of fused-ring (bicyclic) bond motifs is 1. The van der Waals surface area contributed by atoms with Crippen LogP contribution in [0.3, 0.4) is 0 Å². The van der Waals surface area contributed by atoms with Crippen molar-refractivity contribution in [2.75, 3.05) is 20.2 Å². The highest BCUT2D eigenvalue weighted by molar-refractivity contribution is 5.92. The minimum atomic E-state index is -4.28. The van der Waals surface area contributed by atoms with Gasteiger partial charge in [-0.2, -0.15) is 13.2 Å². The van der Waals surface area contributed by atoms with E-state index in [9.17, 15) is 22.8 Å². The minimum Gasteiger partial charge on any atom is -0.369 e. The maximum absolute atomic E-state index is 12.0. The quantitative estimate of drug-likeness (QED) is 0.433. The summed E-state index contributed by atoms with van der Waals surface area (Å²) in [5.41, 5.74) is 1.23. The molecule has 3 heterocycles. The zero-order chi connectivity index (χ0) is 27.9. The molecule has 14 heteroatoms. The van der Waals surface area contributed by atoms with E-state index in [0.717, 1.165) is 37.6 Å². The first-order valence-corrected chi connectivity index (χ1v) is 12.1. The van der Waals surface area contributed by atoms with Crippen molar-refractivity contribution in [3.8, 4) is 0 Å². The smallest absolute Gasteiger partial charge is 0.369 e. The highest BCUT2D eigenvalue weighted by Gasteiger charge is 2.47. The molecule has 2 aliphatic rings. The molecule has 3 N–H and O–H groups in total. The molecule has 1 saturated carbocycles. The number of alkyl halides is 3. The maximum Gasteiger partial charge on any atom is 0.416 e. The molecule has 5 rings (SSSR count). The van der Waals surface area contributed by atoms with E-state index in [2.05, 4.69) is 40.3 Å². The lowest BCUT2D eigenvalue weighted by atomic mass is 10.1. The van der Waals surface area contributed by atoms with Crippen LogP contribution in [0.4, 0.5) is 18.0 Å². The largest absolute Gasteiger partial charge is 0.416 e. The molecule has 2 fully saturated rings. The first kappa shape index (κ1) is 28.9. The fourth-order valence-electron chi connectivity index (χ4n) is 2.98. The van der Waals surface area contributed by atoms with Crippen molar-refractivity contribution in [2.45, 2.75) is 64.9 Å². The number of aromatic amines is 1. The normalized spacial score (nSPS) is 14.8. The molecule has 1 aromatic carbocycles. The van der Waals surface area contributed by atoms with Crippen LogP contribution in [-0.2, 0) is 17.8 Å². The zero-order valence-electron chi connectivity index (χ0n) is 21.7. The van der Waals surface area contributed by atoms with Gasteiger partial charge in [-0.25, -0.2) is 14.4 Å². The number of H-pyrrole nitrogens is 1. The molecule has 0 bridgehead atoms. The highest BCUT2D eigenvalue weighted by Crippen LogP contribution is 2.31. The van der Waals surface area contributed by atoms with Gasteiger partial charge >= 0.3 is 12.2 Å². The number of benzene rings is 1. The number of amides is 3. The minimum absolute atomic E-state index is 0.0456. The molecule has 0 radical (unpaired) electrons. The molecule has 208 valence electrons. The molecular weight excluding hydrogens is 507 g/mol. The summed E-state index contributed by atoms with van der Waals surface area (Å²) < 4.78 is 43.8. The summed E-state index contributed by atoms with van der Waals surface area (Å²) in [4.78, 5) is 33.1. The van der Waals surface area contributed by atoms with Crippen LogP contribution in [0, 0.1) is 6.92 Å². The van der Waals surface area contributed by atoms with E-state index in [1.54, 1.807) is 11.8 Å².